The summed E-state index contributed by atoms with van der Waals surface area (Å²) in [6.45, 7) is 0.678. The summed E-state index contributed by atoms with van der Waals surface area (Å²) in [6.07, 6.45) is 7.04. The Labute approximate surface area is 127 Å². The molecule has 0 aliphatic heterocycles. The first kappa shape index (κ1) is 14.4. The van der Waals surface area contributed by atoms with Crippen LogP contribution in [0.15, 0.2) is 11.0 Å². The fraction of sp³-hybridized carbons (Fsp3) is 0.643. The van der Waals surface area contributed by atoms with E-state index >= 15 is 0 Å². The predicted molar refractivity (Wildman–Crippen MR) is 80.5 cm³/mol. The lowest BCUT2D eigenvalue weighted by molar-refractivity contribution is -0.119. The topological polar surface area (TPSA) is 76.0 Å². The van der Waals surface area contributed by atoms with Crippen molar-refractivity contribution in [2.75, 3.05) is 11.9 Å². The number of halogens is 1. The van der Waals surface area contributed by atoms with E-state index in [4.69, 9.17) is 11.6 Å². The maximum absolute atomic E-state index is 12.3. The molecule has 1 aromatic rings. The highest BCUT2D eigenvalue weighted by atomic mass is 35.5. The van der Waals surface area contributed by atoms with Crippen LogP contribution >= 0.6 is 11.6 Å². The lowest BCUT2D eigenvalue weighted by Crippen LogP contribution is -2.35. The Hall–Kier alpha value is -1.56. The highest BCUT2D eigenvalue weighted by molar-refractivity contribution is 6.33. The molecule has 0 bridgehead atoms. The standard InChI is InChI=1S/C14H19ClN4O2/c15-11-6-17-19(8-9-2-1-3-9)14(21)13(11)16-7-12(20)18-10-4-5-10/h6,9-10,16H,1-5,7-8H2,(H,18,20). The van der Waals surface area contributed by atoms with Gasteiger partial charge in [0.25, 0.3) is 5.56 Å². The second kappa shape index (κ2) is 6.05. The number of hydrogen-bond donors (Lipinski definition) is 2. The maximum Gasteiger partial charge on any atom is 0.291 e. The molecule has 3 rings (SSSR count). The van der Waals surface area contributed by atoms with Gasteiger partial charge in [-0.2, -0.15) is 5.10 Å². The molecule has 2 N–H and O–H groups in total. The van der Waals surface area contributed by atoms with E-state index in [0.29, 0.717) is 18.5 Å². The predicted octanol–water partition coefficient (Wildman–Crippen LogP) is 1.39. The van der Waals surface area contributed by atoms with Crippen LogP contribution < -0.4 is 16.2 Å². The number of carbonyl (C=O) groups excluding carboxylic acids is 1. The molecule has 0 atom stereocenters. The molecular weight excluding hydrogens is 292 g/mol. The number of hydrogen-bond acceptors (Lipinski definition) is 4. The van der Waals surface area contributed by atoms with Crippen molar-refractivity contribution in [3.63, 3.8) is 0 Å². The number of aromatic nitrogens is 2. The molecule has 6 nitrogen and oxygen atoms in total. The molecule has 2 saturated carbocycles. The molecule has 0 unspecified atom stereocenters. The monoisotopic (exact) mass is 310 g/mol. The largest absolute Gasteiger partial charge is 0.370 e. The first-order chi connectivity index (χ1) is 10.1. The third kappa shape index (κ3) is 3.56. The molecule has 0 radical (unpaired) electrons. The second-order valence-corrected chi connectivity index (χ2v) is 6.25. The normalized spacial score (nSPS) is 18.1. The lowest BCUT2D eigenvalue weighted by Gasteiger charge is -2.25. The third-order valence-electron chi connectivity index (χ3n) is 4.02. The highest BCUT2D eigenvalue weighted by Gasteiger charge is 2.23. The van der Waals surface area contributed by atoms with Gasteiger partial charge in [0.2, 0.25) is 5.91 Å². The first-order valence-electron chi connectivity index (χ1n) is 7.42. The summed E-state index contributed by atoms with van der Waals surface area (Å²) >= 11 is 6.02. The number of nitrogens with one attached hydrogen (secondary N) is 2. The molecule has 0 aromatic carbocycles. The number of nitrogens with zero attached hydrogens (tertiary/aromatic N) is 2. The molecule has 1 heterocycles. The Balaban J connectivity index is 1.65. The Bertz CT molecular complexity index is 593. The molecule has 2 aliphatic carbocycles. The van der Waals surface area contributed by atoms with Gasteiger partial charge in [-0.05, 0) is 31.6 Å². The molecular formula is C14H19ClN4O2. The van der Waals surface area contributed by atoms with Gasteiger partial charge < -0.3 is 10.6 Å². The van der Waals surface area contributed by atoms with Crippen molar-refractivity contribution in [3.05, 3.63) is 21.6 Å². The van der Waals surface area contributed by atoms with Crippen molar-refractivity contribution in [1.82, 2.24) is 15.1 Å². The van der Waals surface area contributed by atoms with E-state index in [-0.39, 0.29) is 28.7 Å². The fourth-order valence-corrected chi connectivity index (χ4v) is 2.54. The van der Waals surface area contributed by atoms with E-state index in [9.17, 15) is 9.59 Å². The van der Waals surface area contributed by atoms with Crippen molar-refractivity contribution in [3.8, 4) is 0 Å². The summed E-state index contributed by atoms with van der Waals surface area (Å²) < 4.78 is 1.44. The van der Waals surface area contributed by atoms with E-state index in [2.05, 4.69) is 15.7 Å². The summed E-state index contributed by atoms with van der Waals surface area (Å²) in [7, 11) is 0. The van der Waals surface area contributed by atoms with Gasteiger partial charge in [-0.25, -0.2) is 4.68 Å². The first-order valence-corrected chi connectivity index (χ1v) is 7.80. The van der Waals surface area contributed by atoms with Crippen molar-refractivity contribution in [2.45, 2.75) is 44.7 Å². The van der Waals surface area contributed by atoms with Crippen LogP contribution in [0.2, 0.25) is 5.02 Å². The smallest absolute Gasteiger partial charge is 0.291 e. The number of anilines is 1. The van der Waals surface area contributed by atoms with Crippen molar-refractivity contribution >= 4 is 23.2 Å². The number of carbonyl (C=O) groups is 1. The quantitative estimate of drug-likeness (QED) is 0.832. The van der Waals surface area contributed by atoms with Gasteiger partial charge in [0, 0.05) is 12.6 Å². The zero-order valence-corrected chi connectivity index (χ0v) is 12.5. The summed E-state index contributed by atoms with van der Waals surface area (Å²) in [6, 6.07) is 0.308. The van der Waals surface area contributed by atoms with E-state index in [1.165, 1.54) is 17.3 Å². The van der Waals surface area contributed by atoms with Gasteiger partial charge in [-0.15, -0.1) is 0 Å². The fourth-order valence-electron chi connectivity index (χ4n) is 2.35. The molecule has 7 heteroatoms. The molecule has 0 spiro atoms. The Morgan fingerprint density at radius 2 is 2.14 bits per heavy atom. The van der Waals surface area contributed by atoms with Crippen molar-refractivity contribution in [1.29, 1.82) is 0 Å². The van der Waals surface area contributed by atoms with Crippen molar-refractivity contribution in [2.24, 2.45) is 5.92 Å². The minimum Gasteiger partial charge on any atom is -0.370 e. The molecule has 2 fully saturated rings. The molecule has 114 valence electrons. The highest BCUT2D eigenvalue weighted by Crippen LogP contribution is 2.27. The zero-order chi connectivity index (χ0) is 14.8. The summed E-state index contributed by atoms with van der Waals surface area (Å²) in [5, 5.41) is 10.0. The average molecular weight is 311 g/mol. The number of amides is 1. The van der Waals surface area contributed by atoms with Crippen LogP contribution in [-0.4, -0.2) is 28.3 Å². The second-order valence-electron chi connectivity index (χ2n) is 5.85. The molecule has 1 amide bonds. The van der Waals surface area contributed by atoms with Gasteiger partial charge >= 0.3 is 0 Å². The van der Waals surface area contributed by atoms with Crippen LogP contribution in [0.5, 0.6) is 0 Å². The number of rotatable bonds is 6. The van der Waals surface area contributed by atoms with Crippen LogP contribution in [0.25, 0.3) is 0 Å². The van der Waals surface area contributed by atoms with Crippen LogP contribution in [0.4, 0.5) is 5.69 Å². The van der Waals surface area contributed by atoms with Crippen molar-refractivity contribution < 1.29 is 4.79 Å². The molecule has 0 saturated heterocycles. The zero-order valence-electron chi connectivity index (χ0n) is 11.8. The Kier molecular flexibility index (Phi) is 4.14. The lowest BCUT2D eigenvalue weighted by atomic mass is 9.85. The molecule has 2 aliphatic rings. The summed E-state index contributed by atoms with van der Waals surface area (Å²) in [5.74, 6) is 0.415. The van der Waals surface area contributed by atoms with E-state index in [1.54, 1.807) is 0 Å². The third-order valence-corrected chi connectivity index (χ3v) is 4.31. The van der Waals surface area contributed by atoms with E-state index in [0.717, 1.165) is 25.7 Å². The maximum atomic E-state index is 12.3. The van der Waals surface area contributed by atoms with Crippen LogP contribution in [0, 0.1) is 5.92 Å². The van der Waals surface area contributed by atoms with Crippen LogP contribution in [-0.2, 0) is 11.3 Å². The minimum atomic E-state index is -0.256. The van der Waals surface area contributed by atoms with Crippen LogP contribution in [0.3, 0.4) is 0 Å². The van der Waals surface area contributed by atoms with E-state index in [1.807, 2.05) is 0 Å². The van der Waals surface area contributed by atoms with Crippen LogP contribution in [0.1, 0.15) is 32.1 Å². The molecule has 1 aromatic heterocycles. The summed E-state index contributed by atoms with van der Waals surface area (Å²) in [5.41, 5.74) is 0.00515. The molecule has 21 heavy (non-hydrogen) atoms. The average Bonchev–Trinajstić information content (AvgIpc) is 3.19. The SMILES string of the molecule is O=C(CNc1c(Cl)cnn(CC2CCC2)c1=O)NC1CC1. The van der Waals surface area contributed by atoms with E-state index < -0.39 is 0 Å². The Morgan fingerprint density at radius 3 is 2.76 bits per heavy atom. The minimum absolute atomic E-state index is 0.0545. The van der Waals surface area contributed by atoms with Gasteiger partial charge in [-0.1, -0.05) is 18.0 Å². The summed E-state index contributed by atoms with van der Waals surface area (Å²) in [4.78, 5) is 24.0. The Morgan fingerprint density at radius 1 is 1.38 bits per heavy atom. The van der Waals surface area contributed by atoms with Gasteiger partial charge in [0.05, 0.1) is 17.8 Å². The van der Waals surface area contributed by atoms with Gasteiger partial charge in [-0.3, -0.25) is 9.59 Å². The van der Waals surface area contributed by atoms with Gasteiger partial charge in [0.1, 0.15) is 5.69 Å². The van der Waals surface area contributed by atoms with Gasteiger partial charge in [0.15, 0.2) is 0 Å².